The average Bonchev–Trinajstić information content (AvgIpc) is 3.33. The van der Waals surface area contributed by atoms with Crippen LogP contribution >= 0.6 is 0 Å². The van der Waals surface area contributed by atoms with Crippen molar-refractivity contribution >= 4 is 11.6 Å². The van der Waals surface area contributed by atoms with Gasteiger partial charge in [-0.3, -0.25) is 4.79 Å². The van der Waals surface area contributed by atoms with E-state index in [1.807, 2.05) is 11.0 Å². The SMILES string of the molecule is CN(c1ccccc1)C1COC2(CCN(C(=O)c3cnco3)CC2)C1. The molecular weight excluding hydrogens is 318 g/mol. The number of likely N-dealkylation sites (tertiary alicyclic amines) is 1. The molecule has 0 saturated carbocycles. The number of carbonyl (C=O) groups is 1. The Morgan fingerprint density at radius 2 is 2.04 bits per heavy atom. The summed E-state index contributed by atoms with van der Waals surface area (Å²) in [5.74, 6) is 0.230. The van der Waals surface area contributed by atoms with Gasteiger partial charge in [0.15, 0.2) is 6.39 Å². The highest BCUT2D eigenvalue weighted by Crippen LogP contribution is 2.38. The molecule has 1 aromatic carbocycles. The van der Waals surface area contributed by atoms with Crippen LogP contribution in [-0.4, -0.2) is 54.2 Å². The highest BCUT2D eigenvalue weighted by atomic mass is 16.5. The van der Waals surface area contributed by atoms with Gasteiger partial charge < -0.3 is 19.0 Å². The molecule has 1 amide bonds. The molecule has 2 aliphatic rings. The minimum Gasteiger partial charge on any atom is -0.438 e. The van der Waals surface area contributed by atoms with Crippen molar-refractivity contribution in [3.8, 4) is 0 Å². The lowest BCUT2D eigenvalue weighted by Crippen LogP contribution is -2.47. The first-order chi connectivity index (χ1) is 12.2. The maximum Gasteiger partial charge on any atom is 0.291 e. The minimum atomic E-state index is -0.105. The van der Waals surface area contributed by atoms with E-state index in [0.29, 0.717) is 24.9 Å². The molecule has 1 aromatic heterocycles. The zero-order valence-electron chi connectivity index (χ0n) is 14.4. The first kappa shape index (κ1) is 16.1. The maximum absolute atomic E-state index is 12.4. The number of carbonyl (C=O) groups excluding carboxylic acids is 1. The first-order valence-corrected chi connectivity index (χ1v) is 8.76. The summed E-state index contributed by atoms with van der Waals surface area (Å²) in [4.78, 5) is 20.3. The number of oxazole rings is 1. The zero-order valence-corrected chi connectivity index (χ0v) is 14.4. The van der Waals surface area contributed by atoms with Crippen LogP contribution in [0.1, 0.15) is 29.8 Å². The molecule has 25 heavy (non-hydrogen) atoms. The van der Waals surface area contributed by atoms with Crippen molar-refractivity contribution in [1.82, 2.24) is 9.88 Å². The number of rotatable bonds is 3. The van der Waals surface area contributed by atoms with Gasteiger partial charge in [-0.15, -0.1) is 0 Å². The van der Waals surface area contributed by atoms with Crippen molar-refractivity contribution < 1.29 is 13.9 Å². The summed E-state index contributed by atoms with van der Waals surface area (Å²) in [5.41, 5.74) is 1.11. The van der Waals surface area contributed by atoms with Gasteiger partial charge in [0, 0.05) is 25.8 Å². The van der Waals surface area contributed by atoms with Crippen LogP contribution in [0.25, 0.3) is 0 Å². The number of benzene rings is 1. The summed E-state index contributed by atoms with van der Waals surface area (Å²) in [6.07, 6.45) is 5.51. The second kappa shape index (κ2) is 6.52. The van der Waals surface area contributed by atoms with Crippen LogP contribution in [0.5, 0.6) is 0 Å². The van der Waals surface area contributed by atoms with Gasteiger partial charge in [-0.2, -0.15) is 0 Å². The standard InChI is InChI=1S/C19H23N3O3/c1-21(15-5-3-2-4-6-15)16-11-19(25-13-16)7-9-22(10-8-19)18(23)17-12-20-14-24-17/h2-6,12,14,16H,7-11,13H2,1H3. The lowest BCUT2D eigenvalue weighted by molar-refractivity contribution is -0.0392. The number of para-hydroxylation sites is 1. The number of nitrogens with zero attached hydrogens (tertiary/aromatic N) is 3. The van der Waals surface area contributed by atoms with Gasteiger partial charge >= 0.3 is 0 Å². The molecule has 0 N–H and O–H groups in total. The van der Waals surface area contributed by atoms with Gasteiger partial charge in [0.05, 0.1) is 24.4 Å². The quantitative estimate of drug-likeness (QED) is 0.859. The second-order valence-corrected chi connectivity index (χ2v) is 6.96. The lowest BCUT2D eigenvalue weighted by Gasteiger charge is -2.38. The molecule has 2 saturated heterocycles. The van der Waals surface area contributed by atoms with E-state index < -0.39 is 0 Å². The van der Waals surface area contributed by atoms with E-state index in [2.05, 4.69) is 41.2 Å². The van der Waals surface area contributed by atoms with Crippen LogP contribution in [0, 0.1) is 0 Å². The van der Waals surface area contributed by atoms with E-state index in [9.17, 15) is 4.79 Å². The number of ether oxygens (including phenoxy) is 1. The molecular formula is C19H23N3O3. The van der Waals surface area contributed by atoms with Crippen LogP contribution in [0.2, 0.25) is 0 Å². The zero-order chi connectivity index (χ0) is 17.3. The smallest absolute Gasteiger partial charge is 0.291 e. The first-order valence-electron chi connectivity index (χ1n) is 8.76. The van der Waals surface area contributed by atoms with E-state index in [1.54, 1.807) is 0 Å². The average molecular weight is 341 g/mol. The Balaban J connectivity index is 1.37. The van der Waals surface area contributed by atoms with E-state index in [-0.39, 0.29) is 11.5 Å². The van der Waals surface area contributed by atoms with Crippen molar-refractivity contribution in [2.45, 2.75) is 30.9 Å². The number of piperidine rings is 1. The Hall–Kier alpha value is -2.34. The van der Waals surface area contributed by atoms with Crippen LogP contribution in [-0.2, 0) is 4.74 Å². The number of hydrogen-bond donors (Lipinski definition) is 0. The van der Waals surface area contributed by atoms with Gasteiger partial charge in [-0.25, -0.2) is 4.98 Å². The fourth-order valence-corrected chi connectivity index (χ4v) is 3.89. The van der Waals surface area contributed by atoms with Crippen LogP contribution < -0.4 is 4.90 Å². The van der Waals surface area contributed by atoms with E-state index in [1.165, 1.54) is 18.3 Å². The number of amides is 1. The fraction of sp³-hybridized carbons (Fsp3) is 0.474. The fourth-order valence-electron chi connectivity index (χ4n) is 3.89. The van der Waals surface area contributed by atoms with Crippen molar-refractivity contribution in [2.75, 3.05) is 31.6 Å². The predicted molar refractivity (Wildman–Crippen MR) is 93.6 cm³/mol. The Labute approximate surface area is 147 Å². The van der Waals surface area contributed by atoms with E-state index in [0.717, 1.165) is 25.9 Å². The third kappa shape index (κ3) is 3.14. The van der Waals surface area contributed by atoms with Gasteiger partial charge in [0.2, 0.25) is 5.76 Å². The van der Waals surface area contributed by atoms with E-state index >= 15 is 0 Å². The molecule has 0 radical (unpaired) electrons. The largest absolute Gasteiger partial charge is 0.438 e. The Morgan fingerprint density at radius 1 is 1.28 bits per heavy atom. The number of aromatic nitrogens is 1. The van der Waals surface area contributed by atoms with Crippen LogP contribution in [0.15, 0.2) is 47.3 Å². The highest BCUT2D eigenvalue weighted by Gasteiger charge is 2.44. The third-order valence-corrected chi connectivity index (χ3v) is 5.51. The molecule has 0 aliphatic carbocycles. The topological polar surface area (TPSA) is 58.8 Å². The van der Waals surface area contributed by atoms with Gasteiger partial charge in [-0.05, 0) is 31.4 Å². The molecule has 2 aliphatic heterocycles. The summed E-state index contributed by atoms with van der Waals surface area (Å²) in [6, 6.07) is 10.8. The summed E-state index contributed by atoms with van der Waals surface area (Å²) in [6.45, 7) is 2.13. The molecule has 132 valence electrons. The molecule has 1 atom stereocenters. The maximum atomic E-state index is 12.4. The molecule has 6 nitrogen and oxygen atoms in total. The van der Waals surface area contributed by atoms with Crippen molar-refractivity contribution in [1.29, 1.82) is 0 Å². The number of anilines is 1. The molecule has 3 heterocycles. The lowest BCUT2D eigenvalue weighted by atomic mass is 9.87. The van der Waals surface area contributed by atoms with Crippen molar-refractivity contribution in [3.63, 3.8) is 0 Å². The Kier molecular flexibility index (Phi) is 4.21. The molecule has 0 bridgehead atoms. The second-order valence-electron chi connectivity index (χ2n) is 6.96. The normalized spacial score (nSPS) is 22.3. The molecule has 4 rings (SSSR count). The predicted octanol–water partition coefficient (Wildman–Crippen LogP) is 2.57. The highest BCUT2D eigenvalue weighted by molar-refractivity contribution is 5.91. The van der Waals surface area contributed by atoms with Crippen molar-refractivity contribution in [3.05, 3.63) is 48.7 Å². The number of hydrogen-bond acceptors (Lipinski definition) is 5. The van der Waals surface area contributed by atoms with Gasteiger partial charge in [0.1, 0.15) is 0 Å². The van der Waals surface area contributed by atoms with E-state index in [4.69, 9.17) is 9.15 Å². The molecule has 1 unspecified atom stereocenters. The Bertz CT molecular complexity index is 709. The number of likely N-dealkylation sites (N-methyl/N-ethyl adjacent to an activating group) is 1. The molecule has 6 heteroatoms. The molecule has 2 aromatic rings. The Morgan fingerprint density at radius 3 is 2.72 bits per heavy atom. The summed E-state index contributed by atoms with van der Waals surface area (Å²) >= 11 is 0. The summed E-state index contributed by atoms with van der Waals surface area (Å²) in [5, 5.41) is 0. The molecule has 1 spiro atoms. The van der Waals surface area contributed by atoms with Gasteiger partial charge in [0.25, 0.3) is 5.91 Å². The van der Waals surface area contributed by atoms with Crippen molar-refractivity contribution in [2.24, 2.45) is 0 Å². The minimum absolute atomic E-state index is 0.0803. The van der Waals surface area contributed by atoms with Crippen LogP contribution in [0.3, 0.4) is 0 Å². The third-order valence-electron chi connectivity index (χ3n) is 5.51. The van der Waals surface area contributed by atoms with Crippen LogP contribution in [0.4, 0.5) is 5.69 Å². The summed E-state index contributed by atoms with van der Waals surface area (Å²) in [7, 11) is 2.13. The molecule has 2 fully saturated rings. The monoisotopic (exact) mass is 341 g/mol. The summed E-state index contributed by atoms with van der Waals surface area (Å²) < 4.78 is 11.4. The van der Waals surface area contributed by atoms with Gasteiger partial charge in [-0.1, -0.05) is 18.2 Å².